The molecule has 1 amide bonds. The molecule has 0 saturated carbocycles. The van der Waals surface area contributed by atoms with E-state index in [-0.39, 0.29) is 0 Å². The summed E-state index contributed by atoms with van der Waals surface area (Å²) >= 11 is 0. The van der Waals surface area contributed by atoms with Gasteiger partial charge in [0.1, 0.15) is 0 Å². The van der Waals surface area contributed by atoms with E-state index in [1.54, 1.807) is 0 Å². The van der Waals surface area contributed by atoms with Crippen molar-refractivity contribution in [3.8, 4) is 0 Å². The number of nitrogens with zero attached hydrogens (tertiary/aromatic N) is 1. The average molecular weight is 241 g/mol. The van der Waals surface area contributed by atoms with Crippen LogP contribution in [0, 0.1) is 0 Å². The maximum Gasteiger partial charge on any atom is 0.222 e. The van der Waals surface area contributed by atoms with Crippen molar-refractivity contribution in [3.05, 3.63) is 41.5 Å². The number of aryl methyl sites for hydroxylation is 1. The molecule has 3 rings (SSSR count). The van der Waals surface area contributed by atoms with Gasteiger partial charge in [-0.3, -0.25) is 4.79 Å². The van der Waals surface area contributed by atoms with Crippen molar-refractivity contribution < 1.29 is 4.79 Å². The number of carbonyl (C=O) groups excluding carboxylic acids is 1. The molecule has 0 spiro atoms. The SMILES string of the molecule is O=C1CCCN1CCC1=CCCc2ccccc21. The highest BCUT2D eigenvalue weighted by Crippen LogP contribution is 2.29. The van der Waals surface area contributed by atoms with Gasteiger partial charge in [0.2, 0.25) is 5.91 Å². The molecule has 0 unspecified atom stereocenters. The first-order valence-electron chi connectivity index (χ1n) is 6.90. The predicted molar refractivity (Wildman–Crippen MR) is 73.2 cm³/mol. The summed E-state index contributed by atoms with van der Waals surface area (Å²) in [6.45, 7) is 1.84. The van der Waals surface area contributed by atoms with Gasteiger partial charge in [0, 0.05) is 19.5 Å². The Hall–Kier alpha value is -1.57. The third-order valence-corrected chi connectivity index (χ3v) is 3.99. The molecule has 1 aliphatic heterocycles. The van der Waals surface area contributed by atoms with Crippen LogP contribution in [0.3, 0.4) is 0 Å². The van der Waals surface area contributed by atoms with Gasteiger partial charge in [0.15, 0.2) is 0 Å². The van der Waals surface area contributed by atoms with Crippen LogP contribution in [0.5, 0.6) is 0 Å². The van der Waals surface area contributed by atoms with Crippen molar-refractivity contribution in [2.75, 3.05) is 13.1 Å². The van der Waals surface area contributed by atoms with Crippen LogP contribution < -0.4 is 0 Å². The summed E-state index contributed by atoms with van der Waals surface area (Å²) in [7, 11) is 0. The molecule has 0 aromatic heterocycles. The molecule has 1 fully saturated rings. The quantitative estimate of drug-likeness (QED) is 0.796. The Morgan fingerprint density at radius 1 is 1.17 bits per heavy atom. The molecule has 1 heterocycles. The van der Waals surface area contributed by atoms with Gasteiger partial charge < -0.3 is 4.90 Å². The molecule has 1 aromatic rings. The van der Waals surface area contributed by atoms with Crippen molar-refractivity contribution in [3.63, 3.8) is 0 Å². The van der Waals surface area contributed by atoms with Crippen LogP contribution >= 0.6 is 0 Å². The lowest BCUT2D eigenvalue weighted by atomic mass is 9.89. The van der Waals surface area contributed by atoms with Crippen LogP contribution in [0.2, 0.25) is 0 Å². The molecule has 1 saturated heterocycles. The van der Waals surface area contributed by atoms with E-state index in [0.29, 0.717) is 5.91 Å². The van der Waals surface area contributed by atoms with Crippen LogP contribution in [0.15, 0.2) is 30.3 Å². The van der Waals surface area contributed by atoms with Crippen molar-refractivity contribution in [1.82, 2.24) is 4.90 Å². The highest BCUT2D eigenvalue weighted by molar-refractivity contribution is 5.78. The van der Waals surface area contributed by atoms with Crippen LogP contribution in [0.25, 0.3) is 5.57 Å². The molecule has 0 bridgehead atoms. The molecule has 0 N–H and O–H groups in total. The summed E-state index contributed by atoms with van der Waals surface area (Å²) in [5.41, 5.74) is 4.29. The number of hydrogen-bond acceptors (Lipinski definition) is 1. The van der Waals surface area contributed by atoms with Crippen LogP contribution in [0.1, 0.15) is 36.8 Å². The Morgan fingerprint density at radius 2 is 2.06 bits per heavy atom. The Kier molecular flexibility index (Phi) is 3.18. The summed E-state index contributed by atoms with van der Waals surface area (Å²) in [6.07, 6.45) is 7.43. The van der Waals surface area contributed by atoms with E-state index in [9.17, 15) is 4.79 Å². The van der Waals surface area contributed by atoms with Gasteiger partial charge in [-0.2, -0.15) is 0 Å². The smallest absolute Gasteiger partial charge is 0.222 e. The fourth-order valence-corrected chi connectivity index (χ4v) is 3.00. The summed E-state index contributed by atoms with van der Waals surface area (Å²) in [5.74, 6) is 0.333. The van der Waals surface area contributed by atoms with Gasteiger partial charge in [-0.15, -0.1) is 0 Å². The van der Waals surface area contributed by atoms with Gasteiger partial charge in [-0.05, 0) is 42.4 Å². The predicted octanol–water partition coefficient (Wildman–Crippen LogP) is 3.03. The van der Waals surface area contributed by atoms with Crippen molar-refractivity contribution in [2.45, 2.75) is 32.1 Å². The summed E-state index contributed by atoms with van der Waals surface area (Å²) in [6, 6.07) is 8.67. The zero-order valence-electron chi connectivity index (χ0n) is 10.7. The van der Waals surface area contributed by atoms with E-state index in [2.05, 4.69) is 30.3 Å². The Bertz CT molecular complexity index is 490. The van der Waals surface area contributed by atoms with E-state index < -0.39 is 0 Å². The van der Waals surface area contributed by atoms with E-state index in [0.717, 1.165) is 45.2 Å². The maximum atomic E-state index is 11.6. The molecule has 0 radical (unpaired) electrons. The molecule has 2 nitrogen and oxygen atoms in total. The Morgan fingerprint density at radius 3 is 2.89 bits per heavy atom. The largest absolute Gasteiger partial charge is 0.342 e. The summed E-state index contributed by atoms with van der Waals surface area (Å²) in [4.78, 5) is 13.6. The first-order valence-corrected chi connectivity index (χ1v) is 6.90. The van der Waals surface area contributed by atoms with E-state index in [1.807, 2.05) is 4.90 Å². The average Bonchev–Trinajstić information content (AvgIpc) is 2.82. The second-order valence-electron chi connectivity index (χ2n) is 5.16. The van der Waals surface area contributed by atoms with Crippen molar-refractivity contribution in [1.29, 1.82) is 0 Å². The van der Waals surface area contributed by atoms with Crippen molar-refractivity contribution >= 4 is 11.5 Å². The third-order valence-electron chi connectivity index (χ3n) is 3.99. The lowest BCUT2D eigenvalue weighted by Gasteiger charge is -2.21. The minimum Gasteiger partial charge on any atom is -0.342 e. The number of allylic oxidation sites excluding steroid dienone is 1. The molecule has 94 valence electrons. The number of carbonyl (C=O) groups is 1. The summed E-state index contributed by atoms with van der Waals surface area (Å²) in [5, 5.41) is 0. The minimum absolute atomic E-state index is 0.333. The second kappa shape index (κ2) is 4.97. The molecule has 1 aliphatic carbocycles. The minimum atomic E-state index is 0.333. The monoisotopic (exact) mass is 241 g/mol. The van der Waals surface area contributed by atoms with Gasteiger partial charge in [0.25, 0.3) is 0 Å². The van der Waals surface area contributed by atoms with Crippen molar-refractivity contribution in [2.24, 2.45) is 0 Å². The van der Waals surface area contributed by atoms with Gasteiger partial charge in [-0.25, -0.2) is 0 Å². The zero-order chi connectivity index (χ0) is 12.4. The Balaban J connectivity index is 1.70. The van der Waals surface area contributed by atoms with Gasteiger partial charge >= 0.3 is 0 Å². The summed E-state index contributed by atoms with van der Waals surface area (Å²) < 4.78 is 0. The van der Waals surface area contributed by atoms with E-state index in [4.69, 9.17) is 0 Å². The number of rotatable bonds is 3. The highest BCUT2D eigenvalue weighted by Gasteiger charge is 2.20. The lowest BCUT2D eigenvalue weighted by molar-refractivity contribution is -0.127. The molecule has 2 aliphatic rings. The van der Waals surface area contributed by atoms with E-state index in [1.165, 1.54) is 16.7 Å². The number of benzene rings is 1. The standard InChI is InChI=1S/C16H19NO/c18-16-9-4-11-17(16)12-10-14-7-3-6-13-5-1-2-8-15(13)14/h1-2,5,7-8H,3-4,6,9-12H2. The molecule has 18 heavy (non-hydrogen) atoms. The maximum absolute atomic E-state index is 11.6. The van der Waals surface area contributed by atoms with Crippen LogP contribution in [-0.2, 0) is 11.2 Å². The molecule has 0 atom stereocenters. The number of amides is 1. The number of hydrogen-bond donors (Lipinski definition) is 0. The highest BCUT2D eigenvalue weighted by atomic mass is 16.2. The van der Waals surface area contributed by atoms with Crippen LogP contribution in [0.4, 0.5) is 0 Å². The normalized spacial score (nSPS) is 18.8. The number of likely N-dealkylation sites (tertiary alicyclic amines) is 1. The Labute approximate surface area is 108 Å². The number of fused-ring (bicyclic) bond motifs is 1. The first-order chi connectivity index (χ1) is 8.84. The molecular weight excluding hydrogens is 222 g/mol. The molecule has 2 heteroatoms. The molecule has 1 aromatic carbocycles. The fraction of sp³-hybridized carbons (Fsp3) is 0.438. The molecular formula is C16H19NO. The topological polar surface area (TPSA) is 20.3 Å². The van der Waals surface area contributed by atoms with Gasteiger partial charge in [-0.1, -0.05) is 30.3 Å². The third kappa shape index (κ3) is 2.20. The zero-order valence-corrected chi connectivity index (χ0v) is 10.7. The van der Waals surface area contributed by atoms with Crippen LogP contribution in [-0.4, -0.2) is 23.9 Å². The second-order valence-corrected chi connectivity index (χ2v) is 5.16. The fourth-order valence-electron chi connectivity index (χ4n) is 3.00. The van der Waals surface area contributed by atoms with E-state index >= 15 is 0 Å². The van der Waals surface area contributed by atoms with Gasteiger partial charge in [0.05, 0.1) is 0 Å². The first kappa shape index (κ1) is 11.5. The lowest BCUT2D eigenvalue weighted by Crippen LogP contribution is -2.26.